The Morgan fingerprint density at radius 3 is 2.52 bits per heavy atom. The van der Waals surface area contributed by atoms with Crippen LogP contribution in [0.15, 0.2) is 4.99 Å². The minimum atomic E-state index is -2.97. The van der Waals surface area contributed by atoms with Gasteiger partial charge >= 0.3 is 0 Å². The number of sulfone groups is 1. The van der Waals surface area contributed by atoms with Gasteiger partial charge in [0, 0.05) is 38.5 Å². The second-order valence-electron chi connectivity index (χ2n) is 7.32. The van der Waals surface area contributed by atoms with Crippen LogP contribution in [0.1, 0.15) is 27.2 Å². The molecule has 0 aliphatic carbocycles. The van der Waals surface area contributed by atoms with Crippen LogP contribution in [0.3, 0.4) is 0 Å². The highest BCUT2D eigenvalue weighted by molar-refractivity contribution is 7.90. The zero-order chi connectivity index (χ0) is 20.1. The number of ether oxygens (including phenoxy) is 2. The molecule has 0 radical (unpaired) electrons. The number of nitrogens with one attached hydrogen (secondary N) is 2. The Hall–Kier alpha value is -0.900. The minimum Gasteiger partial charge on any atom is -0.379 e. The van der Waals surface area contributed by atoms with Crippen molar-refractivity contribution in [2.75, 3.05) is 71.2 Å². The van der Waals surface area contributed by atoms with E-state index in [-0.39, 0.29) is 12.4 Å². The van der Waals surface area contributed by atoms with Gasteiger partial charge in [-0.2, -0.15) is 0 Å². The van der Waals surface area contributed by atoms with Crippen LogP contribution in [0.2, 0.25) is 0 Å². The van der Waals surface area contributed by atoms with E-state index in [0.29, 0.717) is 25.1 Å². The van der Waals surface area contributed by atoms with Gasteiger partial charge in [0.2, 0.25) is 0 Å². The zero-order valence-electron chi connectivity index (χ0n) is 17.4. The summed E-state index contributed by atoms with van der Waals surface area (Å²) in [4.78, 5) is 7.24. The summed E-state index contributed by atoms with van der Waals surface area (Å²) in [5, 5.41) is 6.50. The number of aliphatic imine (C=N–C) groups is 1. The summed E-state index contributed by atoms with van der Waals surface area (Å²) in [7, 11) is -2.97. The second-order valence-corrected chi connectivity index (χ2v) is 9.58. The van der Waals surface area contributed by atoms with Crippen LogP contribution in [0.25, 0.3) is 0 Å². The average molecular weight is 407 g/mol. The maximum Gasteiger partial charge on any atom is 0.191 e. The van der Waals surface area contributed by atoms with E-state index in [1.165, 1.54) is 6.26 Å². The van der Waals surface area contributed by atoms with Gasteiger partial charge in [-0.1, -0.05) is 13.8 Å². The molecule has 1 saturated heterocycles. The molecule has 27 heavy (non-hydrogen) atoms. The maximum atomic E-state index is 11.1. The lowest BCUT2D eigenvalue weighted by molar-refractivity contribution is 0.0143. The number of morpholine rings is 1. The predicted octanol–water partition coefficient (Wildman–Crippen LogP) is 0.350. The van der Waals surface area contributed by atoms with Gasteiger partial charge in [0.15, 0.2) is 5.96 Å². The highest BCUT2D eigenvalue weighted by Crippen LogP contribution is 2.14. The highest BCUT2D eigenvalue weighted by atomic mass is 32.2. The van der Waals surface area contributed by atoms with Gasteiger partial charge in [0.05, 0.1) is 38.7 Å². The molecule has 1 rings (SSSR count). The molecule has 0 spiro atoms. The van der Waals surface area contributed by atoms with Crippen molar-refractivity contribution >= 4 is 15.8 Å². The molecule has 160 valence electrons. The molecular formula is C18H38N4O4S. The normalized spacial score (nSPS) is 17.9. The number of rotatable bonds is 12. The van der Waals surface area contributed by atoms with Crippen LogP contribution in [-0.2, 0) is 19.3 Å². The average Bonchev–Trinajstić information content (AvgIpc) is 2.60. The summed E-state index contributed by atoms with van der Waals surface area (Å²) in [6.45, 7) is 12.8. The third-order valence-electron chi connectivity index (χ3n) is 4.25. The van der Waals surface area contributed by atoms with E-state index in [0.717, 1.165) is 51.8 Å². The van der Waals surface area contributed by atoms with E-state index in [2.05, 4.69) is 29.4 Å². The van der Waals surface area contributed by atoms with Gasteiger partial charge in [-0.3, -0.25) is 9.89 Å². The molecule has 2 N–H and O–H groups in total. The maximum absolute atomic E-state index is 11.1. The molecule has 9 heteroatoms. The molecule has 1 aliphatic heterocycles. The standard InChI is InChI=1S/C18H38N4O4S/c1-5-19-18(20-6-9-25-12-13-27(4,23)24)21-15-17(14-16(2)3)22-7-10-26-11-8-22/h16-17H,5-15H2,1-4H3,(H2,19,20,21). The van der Waals surface area contributed by atoms with Crippen molar-refractivity contribution in [3.63, 3.8) is 0 Å². The van der Waals surface area contributed by atoms with Crippen molar-refractivity contribution in [3.05, 3.63) is 0 Å². The molecule has 0 saturated carbocycles. The van der Waals surface area contributed by atoms with Gasteiger partial charge in [-0.25, -0.2) is 8.42 Å². The third kappa shape index (κ3) is 12.2. The minimum absolute atomic E-state index is 0.0532. The van der Waals surface area contributed by atoms with E-state index in [1.807, 2.05) is 6.92 Å². The molecule has 0 aromatic heterocycles. The van der Waals surface area contributed by atoms with Crippen molar-refractivity contribution in [1.29, 1.82) is 0 Å². The number of nitrogens with zero attached hydrogens (tertiary/aromatic N) is 2. The largest absolute Gasteiger partial charge is 0.379 e. The van der Waals surface area contributed by atoms with Gasteiger partial charge in [-0.15, -0.1) is 0 Å². The van der Waals surface area contributed by atoms with Crippen LogP contribution in [0.4, 0.5) is 0 Å². The first-order valence-corrected chi connectivity index (χ1v) is 12.0. The van der Waals surface area contributed by atoms with E-state index in [4.69, 9.17) is 14.5 Å². The molecular weight excluding hydrogens is 368 g/mol. The SMILES string of the molecule is CCNC(=NCC(CC(C)C)N1CCOCC1)NCCOCCS(C)(=O)=O. The first kappa shape index (κ1) is 24.1. The van der Waals surface area contributed by atoms with Gasteiger partial charge in [0.25, 0.3) is 0 Å². The molecule has 1 atom stereocenters. The van der Waals surface area contributed by atoms with Crippen LogP contribution < -0.4 is 10.6 Å². The Bertz CT molecular complexity index is 519. The molecule has 8 nitrogen and oxygen atoms in total. The first-order chi connectivity index (χ1) is 12.8. The van der Waals surface area contributed by atoms with Crippen LogP contribution in [0.5, 0.6) is 0 Å². The Labute approximate surface area is 165 Å². The molecule has 0 amide bonds. The number of hydrogen-bond acceptors (Lipinski definition) is 6. The summed E-state index contributed by atoms with van der Waals surface area (Å²) in [5.74, 6) is 1.44. The van der Waals surface area contributed by atoms with Crippen molar-refractivity contribution in [2.45, 2.75) is 33.2 Å². The molecule has 1 aliphatic rings. The summed E-state index contributed by atoms with van der Waals surface area (Å²) in [6, 6.07) is 0.412. The quantitative estimate of drug-likeness (QED) is 0.274. The zero-order valence-corrected chi connectivity index (χ0v) is 18.2. The monoisotopic (exact) mass is 406 g/mol. The Kier molecular flexibility index (Phi) is 11.9. The third-order valence-corrected chi connectivity index (χ3v) is 5.16. The Balaban J connectivity index is 2.45. The fourth-order valence-corrected chi connectivity index (χ4v) is 3.34. The fourth-order valence-electron chi connectivity index (χ4n) is 2.92. The summed E-state index contributed by atoms with van der Waals surface area (Å²) in [5.41, 5.74) is 0. The van der Waals surface area contributed by atoms with Crippen molar-refractivity contribution in [1.82, 2.24) is 15.5 Å². The van der Waals surface area contributed by atoms with Gasteiger partial charge < -0.3 is 20.1 Å². The van der Waals surface area contributed by atoms with Crippen LogP contribution in [-0.4, -0.2) is 96.5 Å². The molecule has 1 heterocycles. The number of guanidine groups is 1. The van der Waals surface area contributed by atoms with E-state index in [1.54, 1.807) is 0 Å². The molecule has 0 aromatic rings. The summed E-state index contributed by atoms with van der Waals surface area (Å²) >= 11 is 0. The molecule has 0 bridgehead atoms. The van der Waals surface area contributed by atoms with Crippen molar-refractivity contribution in [2.24, 2.45) is 10.9 Å². The van der Waals surface area contributed by atoms with Crippen molar-refractivity contribution < 1.29 is 17.9 Å². The lowest BCUT2D eigenvalue weighted by Crippen LogP contribution is -2.46. The second kappa shape index (κ2) is 13.3. The van der Waals surface area contributed by atoms with Crippen LogP contribution in [0, 0.1) is 5.92 Å². The topological polar surface area (TPSA) is 92.3 Å². The highest BCUT2D eigenvalue weighted by Gasteiger charge is 2.21. The van der Waals surface area contributed by atoms with Gasteiger partial charge in [-0.05, 0) is 19.3 Å². The predicted molar refractivity (Wildman–Crippen MR) is 110 cm³/mol. The van der Waals surface area contributed by atoms with Gasteiger partial charge in [0.1, 0.15) is 9.84 Å². The van der Waals surface area contributed by atoms with E-state index >= 15 is 0 Å². The first-order valence-electron chi connectivity index (χ1n) is 9.91. The molecule has 0 aromatic carbocycles. The van der Waals surface area contributed by atoms with E-state index < -0.39 is 9.84 Å². The molecule has 1 fully saturated rings. The van der Waals surface area contributed by atoms with Crippen LogP contribution >= 0.6 is 0 Å². The summed E-state index contributed by atoms with van der Waals surface area (Å²) in [6.07, 6.45) is 2.32. The van der Waals surface area contributed by atoms with E-state index in [9.17, 15) is 8.42 Å². The Morgan fingerprint density at radius 1 is 1.22 bits per heavy atom. The fraction of sp³-hybridized carbons (Fsp3) is 0.944. The van der Waals surface area contributed by atoms with Crippen molar-refractivity contribution in [3.8, 4) is 0 Å². The Morgan fingerprint density at radius 2 is 1.93 bits per heavy atom. The number of hydrogen-bond donors (Lipinski definition) is 2. The smallest absolute Gasteiger partial charge is 0.191 e. The molecule has 1 unspecified atom stereocenters. The summed E-state index contributed by atoms with van der Waals surface area (Å²) < 4.78 is 33.0. The lowest BCUT2D eigenvalue weighted by atomic mass is 10.0. The lowest BCUT2D eigenvalue weighted by Gasteiger charge is -2.34.